The van der Waals surface area contributed by atoms with Crippen molar-refractivity contribution < 1.29 is 9.59 Å². The Morgan fingerprint density at radius 1 is 1.29 bits per heavy atom. The van der Waals surface area contributed by atoms with Crippen LogP contribution >= 0.6 is 0 Å². The van der Waals surface area contributed by atoms with Gasteiger partial charge in [-0.25, -0.2) is 0 Å². The quantitative estimate of drug-likeness (QED) is 0.475. The smallest absolute Gasteiger partial charge is 0.242 e. The molecule has 0 aromatic rings. The topological polar surface area (TPSA) is 103 Å². The van der Waals surface area contributed by atoms with Crippen molar-refractivity contribution in [3.63, 3.8) is 0 Å². The lowest BCUT2D eigenvalue weighted by molar-refractivity contribution is -0.142. The van der Waals surface area contributed by atoms with E-state index in [9.17, 15) is 9.59 Å². The number of nitrogens with zero attached hydrogens (tertiary/aromatic N) is 2. The van der Waals surface area contributed by atoms with Gasteiger partial charge in [-0.3, -0.25) is 15.0 Å². The minimum atomic E-state index is -0.330. The number of carbonyl (C=O) groups excluding carboxylic acids is 2. The number of likely N-dealkylation sites (N-methyl/N-ethyl adjacent to an activating group) is 1. The number of nitrogens with two attached hydrogens (primary N) is 1. The number of hydrogen-bond donors (Lipinski definition) is 3. The Hall–Kier alpha value is -1.79. The summed E-state index contributed by atoms with van der Waals surface area (Å²) in [5, 5.41) is 10.1. The molecule has 0 aromatic heterocycles. The summed E-state index contributed by atoms with van der Waals surface area (Å²) in [6, 6.07) is -0.330. The standard InChI is InChI=1S/C14H25N5O2/c1-9-7-11(12(20)17-2)19(8-9)13(21)10-3-5-18(6-4-10)14(15)16/h9-11H,3-8H2,1-2H3,(H3,15,16)(H,17,20). The number of amides is 2. The van der Waals surface area contributed by atoms with E-state index in [-0.39, 0.29) is 29.7 Å². The van der Waals surface area contributed by atoms with Crippen molar-refractivity contribution in [1.82, 2.24) is 15.1 Å². The third-order valence-corrected chi connectivity index (χ3v) is 4.53. The van der Waals surface area contributed by atoms with Gasteiger partial charge >= 0.3 is 0 Å². The predicted molar refractivity (Wildman–Crippen MR) is 79.6 cm³/mol. The van der Waals surface area contributed by atoms with Gasteiger partial charge in [0.25, 0.3) is 0 Å². The van der Waals surface area contributed by atoms with Crippen LogP contribution in [0.4, 0.5) is 0 Å². The van der Waals surface area contributed by atoms with Crippen molar-refractivity contribution >= 4 is 17.8 Å². The molecule has 2 atom stereocenters. The van der Waals surface area contributed by atoms with Crippen molar-refractivity contribution in [2.24, 2.45) is 17.6 Å². The summed E-state index contributed by atoms with van der Waals surface area (Å²) < 4.78 is 0. The van der Waals surface area contributed by atoms with Crippen LogP contribution in [0.25, 0.3) is 0 Å². The van der Waals surface area contributed by atoms with Crippen molar-refractivity contribution in [2.45, 2.75) is 32.2 Å². The van der Waals surface area contributed by atoms with Crippen LogP contribution in [0.3, 0.4) is 0 Å². The number of rotatable bonds is 2. The molecular formula is C14H25N5O2. The highest BCUT2D eigenvalue weighted by molar-refractivity contribution is 5.89. The fourth-order valence-corrected chi connectivity index (χ4v) is 3.31. The van der Waals surface area contributed by atoms with Gasteiger partial charge in [0.1, 0.15) is 6.04 Å². The van der Waals surface area contributed by atoms with Gasteiger partial charge in [-0.2, -0.15) is 0 Å². The molecular weight excluding hydrogens is 270 g/mol. The molecule has 0 spiro atoms. The van der Waals surface area contributed by atoms with Gasteiger partial charge in [0.15, 0.2) is 5.96 Å². The second-order valence-electron chi connectivity index (χ2n) is 6.11. The van der Waals surface area contributed by atoms with Gasteiger partial charge in [-0.1, -0.05) is 6.92 Å². The van der Waals surface area contributed by atoms with Crippen LogP contribution in [0, 0.1) is 17.2 Å². The Kier molecular flexibility index (Phi) is 4.69. The minimum Gasteiger partial charge on any atom is -0.370 e. The first kappa shape index (κ1) is 15.6. The molecule has 2 amide bonds. The number of nitrogens with one attached hydrogen (secondary N) is 2. The van der Waals surface area contributed by atoms with Crippen LogP contribution in [-0.2, 0) is 9.59 Å². The summed E-state index contributed by atoms with van der Waals surface area (Å²) in [5.74, 6) is 0.371. The van der Waals surface area contributed by atoms with E-state index in [4.69, 9.17) is 11.1 Å². The molecule has 118 valence electrons. The van der Waals surface area contributed by atoms with Gasteiger partial charge in [0.2, 0.25) is 11.8 Å². The van der Waals surface area contributed by atoms with Crippen LogP contribution in [0.1, 0.15) is 26.2 Å². The molecule has 7 heteroatoms. The normalized spacial score (nSPS) is 26.8. The lowest BCUT2D eigenvalue weighted by Crippen LogP contribution is -2.50. The fraction of sp³-hybridized carbons (Fsp3) is 0.786. The molecule has 21 heavy (non-hydrogen) atoms. The summed E-state index contributed by atoms with van der Waals surface area (Å²) >= 11 is 0. The van der Waals surface area contributed by atoms with Gasteiger partial charge < -0.3 is 20.9 Å². The van der Waals surface area contributed by atoms with E-state index in [1.165, 1.54) is 0 Å². The maximum atomic E-state index is 12.7. The third-order valence-electron chi connectivity index (χ3n) is 4.53. The second kappa shape index (κ2) is 6.32. The largest absolute Gasteiger partial charge is 0.370 e. The van der Waals surface area contributed by atoms with Crippen molar-refractivity contribution in [3.8, 4) is 0 Å². The monoisotopic (exact) mass is 295 g/mol. The third kappa shape index (κ3) is 3.28. The molecule has 2 fully saturated rings. The molecule has 0 aromatic carbocycles. The fourth-order valence-electron chi connectivity index (χ4n) is 3.31. The zero-order valence-corrected chi connectivity index (χ0v) is 12.8. The van der Waals surface area contributed by atoms with E-state index in [1.54, 1.807) is 16.8 Å². The predicted octanol–water partition coefficient (Wildman–Crippen LogP) is -0.425. The highest BCUT2D eigenvalue weighted by atomic mass is 16.2. The summed E-state index contributed by atoms with van der Waals surface area (Å²) in [7, 11) is 1.61. The highest BCUT2D eigenvalue weighted by Gasteiger charge is 2.40. The SMILES string of the molecule is CNC(=O)C1CC(C)CN1C(=O)C1CCN(C(=N)N)CC1. The Bertz CT molecular complexity index is 431. The molecule has 2 aliphatic heterocycles. The van der Waals surface area contributed by atoms with Crippen molar-refractivity contribution in [1.29, 1.82) is 5.41 Å². The molecule has 2 aliphatic rings. The molecule has 0 saturated carbocycles. The molecule has 4 N–H and O–H groups in total. The van der Waals surface area contributed by atoms with E-state index in [2.05, 4.69) is 12.2 Å². The first-order valence-corrected chi connectivity index (χ1v) is 7.55. The molecule has 0 radical (unpaired) electrons. The van der Waals surface area contributed by atoms with E-state index in [0.717, 1.165) is 6.42 Å². The van der Waals surface area contributed by atoms with Crippen LogP contribution in [-0.4, -0.2) is 60.3 Å². The van der Waals surface area contributed by atoms with E-state index in [1.807, 2.05) is 0 Å². The summed E-state index contributed by atoms with van der Waals surface area (Å²) in [4.78, 5) is 28.2. The molecule has 0 aliphatic carbocycles. The highest BCUT2D eigenvalue weighted by Crippen LogP contribution is 2.28. The number of likely N-dealkylation sites (tertiary alicyclic amines) is 2. The Labute approximate surface area is 125 Å². The Balaban J connectivity index is 1.99. The first-order chi connectivity index (χ1) is 9.93. The maximum absolute atomic E-state index is 12.7. The molecule has 2 rings (SSSR count). The summed E-state index contributed by atoms with van der Waals surface area (Å²) in [5.41, 5.74) is 5.47. The van der Waals surface area contributed by atoms with E-state index < -0.39 is 0 Å². The second-order valence-corrected chi connectivity index (χ2v) is 6.11. The summed E-state index contributed by atoms with van der Waals surface area (Å²) in [6.07, 6.45) is 2.13. The van der Waals surface area contributed by atoms with Gasteiger partial charge in [0, 0.05) is 32.6 Å². The van der Waals surface area contributed by atoms with Gasteiger partial charge in [-0.05, 0) is 25.2 Å². The molecule has 2 saturated heterocycles. The van der Waals surface area contributed by atoms with Gasteiger partial charge in [0.05, 0.1) is 0 Å². The van der Waals surface area contributed by atoms with E-state index in [0.29, 0.717) is 38.4 Å². The molecule has 7 nitrogen and oxygen atoms in total. The number of hydrogen-bond acceptors (Lipinski definition) is 3. The van der Waals surface area contributed by atoms with Crippen molar-refractivity contribution in [3.05, 3.63) is 0 Å². The molecule has 2 unspecified atom stereocenters. The van der Waals surface area contributed by atoms with Crippen LogP contribution in [0.15, 0.2) is 0 Å². The maximum Gasteiger partial charge on any atom is 0.242 e. The summed E-state index contributed by atoms with van der Waals surface area (Å²) in [6.45, 7) is 4.00. The van der Waals surface area contributed by atoms with Crippen LogP contribution in [0.5, 0.6) is 0 Å². The minimum absolute atomic E-state index is 0.0574. The number of piperidine rings is 1. The number of carbonyl (C=O) groups is 2. The van der Waals surface area contributed by atoms with Crippen molar-refractivity contribution in [2.75, 3.05) is 26.7 Å². The van der Waals surface area contributed by atoms with E-state index >= 15 is 0 Å². The zero-order chi connectivity index (χ0) is 15.6. The zero-order valence-electron chi connectivity index (χ0n) is 12.8. The lowest BCUT2D eigenvalue weighted by Gasteiger charge is -2.34. The Morgan fingerprint density at radius 2 is 1.90 bits per heavy atom. The van der Waals surface area contributed by atoms with Gasteiger partial charge in [-0.15, -0.1) is 0 Å². The number of guanidine groups is 1. The average molecular weight is 295 g/mol. The average Bonchev–Trinajstić information content (AvgIpc) is 2.87. The molecule has 0 bridgehead atoms. The van der Waals surface area contributed by atoms with Crippen LogP contribution < -0.4 is 11.1 Å². The van der Waals surface area contributed by atoms with Crippen LogP contribution in [0.2, 0.25) is 0 Å². The lowest BCUT2D eigenvalue weighted by atomic mass is 9.95. The Morgan fingerprint density at radius 3 is 2.43 bits per heavy atom. The first-order valence-electron chi connectivity index (χ1n) is 7.55. The molecule has 2 heterocycles.